The highest BCUT2D eigenvalue weighted by Gasteiger charge is 2.21. The number of H-pyrrole nitrogens is 1. The molecule has 0 spiro atoms. The lowest BCUT2D eigenvalue weighted by Gasteiger charge is -2.33. The van der Waals surface area contributed by atoms with Gasteiger partial charge in [0.25, 0.3) is 5.91 Å². The molecule has 0 radical (unpaired) electrons. The van der Waals surface area contributed by atoms with Crippen molar-refractivity contribution in [2.45, 2.75) is 12.8 Å². The number of nitrogens with zero attached hydrogens (tertiary/aromatic N) is 2. The second-order valence-corrected chi connectivity index (χ2v) is 8.82. The van der Waals surface area contributed by atoms with E-state index in [0.717, 1.165) is 42.5 Å². The number of phenolic OH excluding ortho intramolecular Hbond substituents is 1. The summed E-state index contributed by atoms with van der Waals surface area (Å²) in [7, 11) is 0. The minimum atomic E-state index is -0.638. The van der Waals surface area contributed by atoms with Crippen molar-refractivity contribution >= 4 is 40.0 Å². The molecule has 9 nitrogen and oxygen atoms in total. The molecule has 2 aromatic heterocycles. The molecule has 0 unspecified atom stereocenters. The molecule has 2 amide bonds. The van der Waals surface area contributed by atoms with E-state index in [0.29, 0.717) is 17.9 Å². The number of carbonyl (C=O) groups is 2. The molecule has 1 saturated heterocycles. The van der Waals surface area contributed by atoms with Gasteiger partial charge in [-0.05, 0) is 66.6 Å². The number of piperidine rings is 1. The van der Waals surface area contributed by atoms with Gasteiger partial charge in [-0.2, -0.15) is 0 Å². The highest BCUT2D eigenvalue weighted by molar-refractivity contribution is 6.08. The number of pyridine rings is 1. The SMILES string of the molecule is O=C(Nc1cc(O)ccc1NC(=O)c1ccc2cc[nH]c2c1)OCC1CCN(c2ccncc2)CC1. The molecular weight excluding hydrogens is 458 g/mol. The van der Waals surface area contributed by atoms with Crippen molar-refractivity contribution in [3.05, 3.63) is 78.8 Å². The van der Waals surface area contributed by atoms with Crippen molar-refractivity contribution < 1.29 is 19.4 Å². The van der Waals surface area contributed by atoms with E-state index < -0.39 is 6.09 Å². The maximum atomic E-state index is 12.8. The minimum Gasteiger partial charge on any atom is -0.508 e. The van der Waals surface area contributed by atoms with Crippen LogP contribution < -0.4 is 15.5 Å². The van der Waals surface area contributed by atoms with Crippen molar-refractivity contribution in [2.24, 2.45) is 5.92 Å². The van der Waals surface area contributed by atoms with Gasteiger partial charge in [-0.1, -0.05) is 6.07 Å². The first-order chi connectivity index (χ1) is 17.5. The molecule has 0 bridgehead atoms. The fourth-order valence-electron chi connectivity index (χ4n) is 4.38. The van der Waals surface area contributed by atoms with Gasteiger partial charge in [-0.15, -0.1) is 0 Å². The lowest BCUT2D eigenvalue weighted by molar-refractivity contribution is 0.102. The van der Waals surface area contributed by atoms with Crippen LogP contribution in [0.5, 0.6) is 5.75 Å². The van der Waals surface area contributed by atoms with Gasteiger partial charge in [0.05, 0.1) is 18.0 Å². The fourth-order valence-corrected chi connectivity index (χ4v) is 4.38. The number of phenols is 1. The molecule has 1 aliphatic rings. The molecule has 0 saturated carbocycles. The minimum absolute atomic E-state index is 0.0420. The van der Waals surface area contributed by atoms with E-state index in [1.165, 1.54) is 18.2 Å². The zero-order chi connectivity index (χ0) is 24.9. The van der Waals surface area contributed by atoms with Crippen LogP contribution >= 0.6 is 0 Å². The summed E-state index contributed by atoms with van der Waals surface area (Å²) in [6.45, 7) is 2.07. The number of aromatic amines is 1. The molecule has 0 aliphatic carbocycles. The van der Waals surface area contributed by atoms with E-state index in [-0.39, 0.29) is 23.3 Å². The van der Waals surface area contributed by atoms with Gasteiger partial charge < -0.3 is 25.0 Å². The molecule has 2 aromatic carbocycles. The van der Waals surface area contributed by atoms with Crippen molar-refractivity contribution in [1.29, 1.82) is 0 Å². The van der Waals surface area contributed by atoms with Gasteiger partial charge in [-0.3, -0.25) is 15.1 Å². The van der Waals surface area contributed by atoms with Crippen LogP contribution in [0.25, 0.3) is 10.9 Å². The maximum Gasteiger partial charge on any atom is 0.411 e. The van der Waals surface area contributed by atoms with Crippen LogP contribution in [0, 0.1) is 5.92 Å². The predicted molar refractivity (Wildman–Crippen MR) is 139 cm³/mol. The first-order valence-corrected chi connectivity index (χ1v) is 11.9. The average Bonchev–Trinajstić information content (AvgIpc) is 3.38. The second kappa shape index (κ2) is 10.4. The summed E-state index contributed by atoms with van der Waals surface area (Å²) < 4.78 is 5.47. The molecule has 4 aromatic rings. The van der Waals surface area contributed by atoms with Gasteiger partial charge in [0.2, 0.25) is 0 Å². The maximum absolute atomic E-state index is 12.8. The van der Waals surface area contributed by atoms with Crippen LogP contribution in [0.1, 0.15) is 23.2 Å². The molecule has 184 valence electrons. The molecule has 0 atom stereocenters. The molecule has 9 heteroatoms. The zero-order valence-corrected chi connectivity index (χ0v) is 19.6. The number of fused-ring (bicyclic) bond motifs is 1. The molecule has 4 N–H and O–H groups in total. The van der Waals surface area contributed by atoms with Crippen molar-refractivity contribution in [2.75, 3.05) is 35.2 Å². The first kappa shape index (κ1) is 23.2. The van der Waals surface area contributed by atoms with Crippen LogP contribution in [0.2, 0.25) is 0 Å². The van der Waals surface area contributed by atoms with Gasteiger partial charge in [0.15, 0.2) is 0 Å². The summed E-state index contributed by atoms with van der Waals surface area (Å²) >= 11 is 0. The summed E-state index contributed by atoms with van der Waals surface area (Å²) in [5.74, 6) is -0.116. The number of hydrogen-bond acceptors (Lipinski definition) is 6. The smallest absolute Gasteiger partial charge is 0.411 e. The standard InChI is InChI=1S/C27H27N5O4/c33-22-3-4-23(30-26(34)20-2-1-19-5-12-29-24(19)15-20)25(16-22)31-27(35)36-17-18-8-13-32(14-9-18)21-6-10-28-11-7-21/h1-7,10-12,15-16,18,29,33H,8-9,13-14,17H2,(H,30,34)(H,31,35). The molecule has 3 heterocycles. The third kappa shape index (κ3) is 5.41. The fraction of sp³-hybridized carbons (Fsp3) is 0.222. The summed E-state index contributed by atoms with van der Waals surface area (Å²) in [6.07, 6.45) is 6.56. The van der Waals surface area contributed by atoms with Crippen LogP contribution in [-0.2, 0) is 4.74 Å². The summed E-state index contributed by atoms with van der Waals surface area (Å²) in [4.78, 5) is 34.8. The molecule has 1 fully saturated rings. The molecule has 5 rings (SSSR count). The highest BCUT2D eigenvalue weighted by atomic mass is 16.5. The van der Waals surface area contributed by atoms with E-state index in [9.17, 15) is 14.7 Å². The second-order valence-electron chi connectivity index (χ2n) is 8.82. The third-order valence-corrected chi connectivity index (χ3v) is 6.40. The van der Waals surface area contributed by atoms with Gasteiger partial charge in [0, 0.05) is 54.5 Å². The Morgan fingerprint density at radius 1 is 1.00 bits per heavy atom. The predicted octanol–water partition coefficient (Wildman–Crippen LogP) is 4.99. The van der Waals surface area contributed by atoms with Crippen molar-refractivity contribution in [3.8, 4) is 5.75 Å². The van der Waals surface area contributed by atoms with E-state index in [4.69, 9.17) is 4.74 Å². The number of rotatable bonds is 6. The Morgan fingerprint density at radius 3 is 2.61 bits per heavy atom. The van der Waals surface area contributed by atoms with Gasteiger partial charge >= 0.3 is 6.09 Å². The Hall–Kier alpha value is -4.53. The van der Waals surface area contributed by atoms with E-state index in [2.05, 4.69) is 25.5 Å². The normalized spacial score (nSPS) is 13.9. The largest absolute Gasteiger partial charge is 0.508 e. The lowest BCUT2D eigenvalue weighted by Crippen LogP contribution is -2.35. The van der Waals surface area contributed by atoms with Crippen LogP contribution in [0.15, 0.2) is 73.2 Å². The van der Waals surface area contributed by atoms with Crippen LogP contribution in [0.4, 0.5) is 21.9 Å². The van der Waals surface area contributed by atoms with E-state index >= 15 is 0 Å². The third-order valence-electron chi connectivity index (χ3n) is 6.40. The number of aromatic hydroxyl groups is 1. The Balaban J connectivity index is 1.16. The molecular formula is C27H27N5O4. The summed E-state index contributed by atoms with van der Waals surface area (Å²) in [5, 5.41) is 16.4. The van der Waals surface area contributed by atoms with E-state index in [1.54, 1.807) is 24.5 Å². The number of hydrogen-bond donors (Lipinski definition) is 4. The number of carbonyl (C=O) groups excluding carboxylic acids is 2. The number of aromatic nitrogens is 2. The Bertz CT molecular complexity index is 1360. The number of anilines is 3. The van der Waals surface area contributed by atoms with Crippen molar-refractivity contribution in [3.63, 3.8) is 0 Å². The number of nitrogens with one attached hydrogen (secondary N) is 3. The Labute approximate surface area is 208 Å². The lowest BCUT2D eigenvalue weighted by atomic mass is 9.97. The zero-order valence-electron chi connectivity index (χ0n) is 19.6. The first-order valence-electron chi connectivity index (χ1n) is 11.9. The Morgan fingerprint density at radius 2 is 1.81 bits per heavy atom. The van der Waals surface area contributed by atoms with Gasteiger partial charge in [-0.25, -0.2) is 4.79 Å². The topological polar surface area (TPSA) is 120 Å². The highest BCUT2D eigenvalue weighted by Crippen LogP contribution is 2.28. The van der Waals surface area contributed by atoms with Crippen LogP contribution in [0.3, 0.4) is 0 Å². The number of amides is 2. The molecule has 36 heavy (non-hydrogen) atoms. The Kier molecular flexibility index (Phi) is 6.70. The van der Waals surface area contributed by atoms with E-state index in [1.807, 2.05) is 30.5 Å². The van der Waals surface area contributed by atoms with Crippen LogP contribution in [-0.4, -0.2) is 46.8 Å². The van der Waals surface area contributed by atoms with Crippen molar-refractivity contribution in [1.82, 2.24) is 9.97 Å². The monoisotopic (exact) mass is 485 g/mol. The summed E-state index contributed by atoms with van der Waals surface area (Å²) in [5.41, 5.74) is 3.06. The quantitative estimate of drug-likeness (QED) is 0.286. The average molecular weight is 486 g/mol. The molecule has 1 aliphatic heterocycles. The summed E-state index contributed by atoms with van der Waals surface area (Å²) in [6, 6.07) is 15.6. The van der Waals surface area contributed by atoms with Gasteiger partial charge in [0.1, 0.15) is 5.75 Å². The number of benzene rings is 2. The number of ether oxygens (including phenoxy) is 1.